The van der Waals surface area contributed by atoms with Crippen LogP contribution >= 0.6 is 0 Å². The first-order valence-electron chi connectivity index (χ1n) is 6.48. The number of nitrogens with zero attached hydrogens (tertiary/aromatic N) is 1. The summed E-state index contributed by atoms with van der Waals surface area (Å²) in [6, 6.07) is 8.69. The van der Waals surface area contributed by atoms with Crippen LogP contribution in [-0.2, 0) is 4.79 Å². The van der Waals surface area contributed by atoms with Crippen LogP contribution in [0.4, 0.5) is 0 Å². The first kappa shape index (κ1) is 14.7. The number of nitrogens with one attached hydrogen (secondary N) is 1. The molecule has 0 saturated carbocycles. The van der Waals surface area contributed by atoms with E-state index in [-0.39, 0.29) is 18.0 Å². The van der Waals surface area contributed by atoms with E-state index in [4.69, 9.17) is 0 Å². The number of rotatable bonds is 5. The van der Waals surface area contributed by atoms with Gasteiger partial charge in [0.25, 0.3) is 0 Å². The van der Waals surface area contributed by atoms with Gasteiger partial charge in [-0.25, -0.2) is 0 Å². The van der Waals surface area contributed by atoms with Crippen molar-refractivity contribution in [3.8, 4) is 0 Å². The highest BCUT2D eigenvalue weighted by molar-refractivity contribution is 5.78. The molecule has 1 atom stereocenters. The highest BCUT2D eigenvalue weighted by Gasteiger charge is 2.14. The Balaban J connectivity index is 2.54. The molecular weight excluding hydrogens is 224 g/mol. The third-order valence-corrected chi connectivity index (χ3v) is 3.38. The lowest BCUT2D eigenvalue weighted by atomic mass is 10.0. The molecule has 1 amide bonds. The van der Waals surface area contributed by atoms with Crippen molar-refractivity contribution in [2.45, 2.75) is 39.8 Å². The van der Waals surface area contributed by atoms with Crippen molar-refractivity contribution in [1.29, 1.82) is 0 Å². The Kier molecular flexibility index (Phi) is 5.35. The molecule has 0 spiro atoms. The van der Waals surface area contributed by atoms with E-state index in [1.54, 1.807) is 4.90 Å². The summed E-state index contributed by atoms with van der Waals surface area (Å²) in [4.78, 5) is 13.6. The van der Waals surface area contributed by atoms with Crippen LogP contribution in [0, 0.1) is 6.92 Å². The van der Waals surface area contributed by atoms with Gasteiger partial charge in [-0.1, -0.05) is 24.3 Å². The van der Waals surface area contributed by atoms with Crippen molar-refractivity contribution < 1.29 is 4.79 Å². The standard InChI is InChI=1S/C15H24N2O/c1-11(2)17(5)15(18)10-16-13(4)14-9-7-6-8-12(14)3/h6-9,11,13,16H,10H2,1-5H3/t13-/m0/s1. The van der Waals surface area contributed by atoms with Gasteiger partial charge in [0.05, 0.1) is 6.54 Å². The Bertz CT molecular complexity index is 401. The first-order chi connectivity index (χ1) is 8.43. The molecule has 0 saturated heterocycles. The van der Waals surface area contributed by atoms with Gasteiger partial charge in [-0.2, -0.15) is 0 Å². The van der Waals surface area contributed by atoms with E-state index in [0.717, 1.165) is 0 Å². The Hall–Kier alpha value is -1.35. The smallest absolute Gasteiger partial charge is 0.236 e. The maximum atomic E-state index is 11.9. The molecule has 0 aliphatic carbocycles. The van der Waals surface area contributed by atoms with Gasteiger partial charge in [-0.05, 0) is 38.8 Å². The maximum Gasteiger partial charge on any atom is 0.236 e. The van der Waals surface area contributed by atoms with Gasteiger partial charge in [0.1, 0.15) is 0 Å². The molecule has 0 aliphatic rings. The summed E-state index contributed by atoms with van der Waals surface area (Å²) in [7, 11) is 1.84. The fraction of sp³-hybridized carbons (Fsp3) is 0.533. The van der Waals surface area contributed by atoms with Crippen LogP contribution in [-0.4, -0.2) is 30.4 Å². The minimum Gasteiger partial charge on any atom is -0.342 e. The number of aryl methyl sites for hydroxylation is 1. The van der Waals surface area contributed by atoms with Crippen LogP contribution in [0.25, 0.3) is 0 Å². The Morgan fingerprint density at radius 2 is 1.89 bits per heavy atom. The number of benzene rings is 1. The summed E-state index contributed by atoms with van der Waals surface area (Å²) in [5, 5.41) is 3.28. The molecule has 100 valence electrons. The predicted octanol–water partition coefficient (Wildman–Crippen LogP) is 2.51. The van der Waals surface area contributed by atoms with Crippen molar-refractivity contribution in [2.75, 3.05) is 13.6 Å². The fourth-order valence-corrected chi connectivity index (χ4v) is 1.84. The third kappa shape index (κ3) is 3.84. The SMILES string of the molecule is Cc1ccccc1[C@H](C)NCC(=O)N(C)C(C)C. The number of likely N-dealkylation sites (N-methyl/N-ethyl adjacent to an activating group) is 1. The van der Waals surface area contributed by atoms with Crippen molar-refractivity contribution in [3.05, 3.63) is 35.4 Å². The minimum atomic E-state index is 0.130. The summed E-state index contributed by atoms with van der Waals surface area (Å²) in [5.41, 5.74) is 2.50. The molecule has 0 unspecified atom stereocenters. The number of hydrogen-bond donors (Lipinski definition) is 1. The quantitative estimate of drug-likeness (QED) is 0.868. The maximum absolute atomic E-state index is 11.9. The largest absolute Gasteiger partial charge is 0.342 e. The lowest BCUT2D eigenvalue weighted by Gasteiger charge is -2.23. The molecule has 0 fully saturated rings. The van der Waals surface area contributed by atoms with Gasteiger partial charge in [-0.3, -0.25) is 4.79 Å². The zero-order valence-corrected chi connectivity index (χ0v) is 12.0. The van der Waals surface area contributed by atoms with Gasteiger partial charge in [0.2, 0.25) is 5.91 Å². The highest BCUT2D eigenvalue weighted by Crippen LogP contribution is 2.16. The molecule has 3 nitrogen and oxygen atoms in total. The van der Waals surface area contributed by atoms with Crippen molar-refractivity contribution in [3.63, 3.8) is 0 Å². The molecule has 1 N–H and O–H groups in total. The lowest BCUT2D eigenvalue weighted by Crippen LogP contribution is -2.40. The van der Waals surface area contributed by atoms with E-state index in [9.17, 15) is 4.79 Å². The van der Waals surface area contributed by atoms with Crippen LogP contribution in [0.3, 0.4) is 0 Å². The van der Waals surface area contributed by atoms with Crippen molar-refractivity contribution in [1.82, 2.24) is 10.2 Å². The van der Waals surface area contributed by atoms with Gasteiger partial charge >= 0.3 is 0 Å². The number of amides is 1. The van der Waals surface area contributed by atoms with Crippen LogP contribution in [0.5, 0.6) is 0 Å². The number of hydrogen-bond acceptors (Lipinski definition) is 2. The lowest BCUT2D eigenvalue weighted by molar-refractivity contribution is -0.130. The van der Waals surface area contributed by atoms with Gasteiger partial charge < -0.3 is 10.2 Å². The normalized spacial score (nSPS) is 12.6. The van der Waals surface area contributed by atoms with Crippen LogP contribution in [0.1, 0.15) is 37.9 Å². The molecule has 0 bridgehead atoms. The fourth-order valence-electron chi connectivity index (χ4n) is 1.84. The van der Waals surface area contributed by atoms with Crippen molar-refractivity contribution >= 4 is 5.91 Å². The molecule has 1 rings (SSSR count). The van der Waals surface area contributed by atoms with E-state index in [0.29, 0.717) is 6.54 Å². The molecular formula is C15H24N2O. The molecule has 0 aromatic heterocycles. The summed E-state index contributed by atoms with van der Waals surface area (Å²) in [6.07, 6.45) is 0. The number of carbonyl (C=O) groups excluding carboxylic acids is 1. The zero-order valence-electron chi connectivity index (χ0n) is 12.0. The molecule has 0 radical (unpaired) electrons. The molecule has 3 heteroatoms. The summed E-state index contributed by atoms with van der Waals surface area (Å²) >= 11 is 0. The predicted molar refractivity (Wildman–Crippen MR) is 75.5 cm³/mol. The second-order valence-corrected chi connectivity index (χ2v) is 5.06. The third-order valence-electron chi connectivity index (χ3n) is 3.38. The summed E-state index contributed by atoms with van der Waals surface area (Å²) < 4.78 is 0. The van der Waals surface area contributed by atoms with Crippen LogP contribution < -0.4 is 5.32 Å². The van der Waals surface area contributed by atoms with Gasteiger partial charge in [-0.15, -0.1) is 0 Å². The summed E-state index contributed by atoms with van der Waals surface area (Å²) in [5.74, 6) is 0.130. The van der Waals surface area contributed by atoms with Gasteiger partial charge in [0, 0.05) is 19.1 Å². The second-order valence-electron chi connectivity index (χ2n) is 5.06. The summed E-state index contributed by atoms with van der Waals surface area (Å²) in [6.45, 7) is 8.59. The number of carbonyl (C=O) groups is 1. The molecule has 1 aromatic rings. The Labute approximate surface area is 110 Å². The molecule has 0 aliphatic heterocycles. The average Bonchev–Trinajstić information content (AvgIpc) is 2.35. The zero-order chi connectivity index (χ0) is 13.7. The van der Waals surface area contributed by atoms with E-state index >= 15 is 0 Å². The first-order valence-corrected chi connectivity index (χ1v) is 6.48. The second kappa shape index (κ2) is 6.55. The average molecular weight is 248 g/mol. The van der Waals surface area contributed by atoms with Gasteiger partial charge in [0.15, 0.2) is 0 Å². The molecule has 18 heavy (non-hydrogen) atoms. The monoisotopic (exact) mass is 248 g/mol. The highest BCUT2D eigenvalue weighted by atomic mass is 16.2. The Morgan fingerprint density at radius 1 is 1.28 bits per heavy atom. The molecule has 0 heterocycles. The van der Waals surface area contributed by atoms with E-state index in [1.165, 1.54) is 11.1 Å². The van der Waals surface area contributed by atoms with Crippen LogP contribution in [0.15, 0.2) is 24.3 Å². The van der Waals surface area contributed by atoms with E-state index in [1.807, 2.05) is 33.0 Å². The van der Waals surface area contributed by atoms with E-state index in [2.05, 4.69) is 31.3 Å². The topological polar surface area (TPSA) is 32.3 Å². The van der Waals surface area contributed by atoms with E-state index < -0.39 is 0 Å². The minimum absolute atomic E-state index is 0.130. The van der Waals surface area contributed by atoms with Crippen LogP contribution in [0.2, 0.25) is 0 Å². The Morgan fingerprint density at radius 3 is 2.44 bits per heavy atom. The molecule has 1 aromatic carbocycles. The van der Waals surface area contributed by atoms with Crippen molar-refractivity contribution in [2.24, 2.45) is 0 Å².